The van der Waals surface area contributed by atoms with E-state index in [-0.39, 0.29) is 41.6 Å². The van der Waals surface area contributed by atoms with E-state index in [1.54, 1.807) is 0 Å². The van der Waals surface area contributed by atoms with E-state index >= 15 is 0 Å². The lowest BCUT2D eigenvalue weighted by Crippen LogP contribution is -2.35. The topological polar surface area (TPSA) is 256 Å². The number of hydrogen-bond acceptors (Lipinski definition) is 12. The zero-order valence-corrected chi connectivity index (χ0v) is 31.1. The molecule has 1 aliphatic carbocycles. The van der Waals surface area contributed by atoms with Gasteiger partial charge in [0.15, 0.2) is 0 Å². The van der Waals surface area contributed by atoms with Crippen LogP contribution in [0.2, 0.25) is 0 Å². The molecule has 17 nitrogen and oxygen atoms in total. The highest BCUT2D eigenvalue weighted by molar-refractivity contribution is 8.77. The molecule has 0 bridgehead atoms. The minimum absolute atomic E-state index is 0.141. The van der Waals surface area contributed by atoms with Crippen LogP contribution in [0.4, 0.5) is 0 Å². The second kappa shape index (κ2) is 21.2. The van der Waals surface area contributed by atoms with Crippen molar-refractivity contribution >= 4 is 51.0 Å². The summed E-state index contributed by atoms with van der Waals surface area (Å²) in [6, 6.07) is 0. The van der Waals surface area contributed by atoms with Crippen molar-refractivity contribution in [1.82, 2.24) is 5.32 Å². The second-order valence-corrected chi connectivity index (χ2v) is 19.5. The number of carbonyl (C=O) groups excluding carboxylic acids is 1. The van der Waals surface area contributed by atoms with E-state index in [0.717, 1.165) is 38.5 Å². The van der Waals surface area contributed by atoms with Crippen molar-refractivity contribution in [2.45, 2.75) is 120 Å². The van der Waals surface area contributed by atoms with E-state index in [1.807, 2.05) is 13.8 Å². The number of ether oxygens (including phenoxy) is 2. The van der Waals surface area contributed by atoms with Crippen LogP contribution >= 0.6 is 45.1 Å². The van der Waals surface area contributed by atoms with Crippen molar-refractivity contribution < 1.29 is 60.7 Å². The molecule has 1 heterocycles. The van der Waals surface area contributed by atoms with Crippen LogP contribution in [0, 0.1) is 5.92 Å². The molecule has 0 aromatic heterocycles. The third-order valence-electron chi connectivity index (χ3n) is 7.52. The summed E-state index contributed by atoms with van der Waals surface area (Å²) in [5.41, 5.74) is 8.33. The fourth-order valence-corrected chi connectivity index (χ4v) is 10.5. The van der Waals surface area contributed by atoms with Gasteiger partial charge in [0.2, 0.25) is 5.91 Å². The van der Waals surface area contributed by atoms with Gasteiger partial charge >= 0.3 is 23.5 Å². The summed E-state index contributed by atoms with van der Waals surface area (Å²) in [4.78, 5) is 51.8. The molecule has 0 spiro atoms. The van der Waals surface area contributed by atoms with Crippen molar-refractivity contribution in [2.24, 2.45) is 11.0 Å². The Morgan fingerprint density at radius 3 is 2.21 bits per heavy atom. The minimum Gasteiger partial charge on any atom is -0.369 e. The predicted molar refractivity (Wildman–Crippen MR) is 178 cm³/mol. The maximum Gasteiger partial charge on any atom is 0.490 e. The van der Waals surface area contributed by atoms with Crippen LogP contribution in [-0.4, -0.2) is 74.2 Å². The van der Waals surface area contributed by atoms with Crippen LogP contribution in [0.3, 0.4) is 0 Å². The normalized spacial score (nSPS) is 24.8. The fourth-order valence-electron chi connectivity index (χ4n) is 5.32. The fraction of sp³-hybridized carbons (Fsp3) is 0.960. The standard InChI is InChI=1S/C25H49N4O13P3S2/c1-25(2,18-27-24(30)14-11-15-28-29-26)47-46-19-38-22-16-21(20-12-9-7-5-3-4-6-8-10-13-20)40-23(22)17-39-44(34,35)42-45(36,37)41-43(31,32)33/h20-23H,3-19H2,1-2H3,(H,27,30)(H,34,35)(H,36,37)(H2,31,32,33)/t21-,22?,23-/m1/s1. The predicted octanol–water partition coefficient (Wildman–Crippen LogP) is 6.73. The van der Waals surface area contributed by atoms with E-state index in [2.05, 4.69) is 24.0 Å². The Kier molecular flexibility index (Phi) is 19.4. The Balaban J connectivity index is 1.99. The van der Waals surface area contributed by atoms with Gasteiger partial charge in [0.25, 0.3) is 0 Å². The van der Waals surface area contributed by atoms with E-state index < -0.39 is 42.3 Å². The number of amides is 1. The molecule has 3 unspecified atom stereocenters. The number of phosphoric acid groups is 3. The van der Waals surface area contributed by atoms with Crippen molar-refractivity contribution in [3.63, 3.8) is 0 Å². The minimum atomic E-state index is -5.65. The van der Waals surface area contributed by atoms with Gasteiger partial charge in [-0.25, -0.2) is 13.7 Å². The van der Waals surface area contributed by atoms with Gasteiger partial charge in [-0.3, -0.25) is 9.32 Å². The summed E-state index contributed by atoms with van der Waals surface area (Å²) >= 11 is 0. The number of phosphoric ester groups is 1. The first-order valence-electron chi connectivity index (χ1n) is 15.6. The van der Waals surface area contributed by atoms with Crippen LogP contribution in [0.5, 0.6) is 0 Å². The number of nitrogens with zero attached hydrogens (tertiary/aromatic N) is 3. The molecule has 1 aliphatic heterocycles. The van der Waals surface area contributed by atoms with E-state index in [4.69, 9.17) is 29.3 Å². The first-order valence-corrected chi connectivity index (χ1v) is 22.5. The van der Waals surface area contributed by atoms with Crippen molar-refractivity contribution in [3.8, 4) is 0 Å². The molecule has 0 radical (unpaired) electrons. The third-order valence-corrected chi connectivity index (χ3v) is 14.3. The van der Waals surface area contributed by atoms with Gasteiger partial charge in [-0.2, -0.15) is 8.62 Å². The Morgan fingerprint density at radius 1 is 1.00 bits per heavy atom. The SMILES string of the molecule is CC(C)(CNC(=O)CCCN=[N+]=[N-])SSCOC1C[C@H](C2CCCCCCCCCC2)O[C@@H]1COP(=O)(O)OP(=O)(O)OP(=O)(O)O. The molecule has 5 N–H and O–H groups in total. The quantitative estimate of drug-likeness (QED) is 0.0174. The van der Waals surface area contributed by atoms with E-state index in [9.17, 15) is 28.3 Å². The summed E-state index contributed by atoms with van der Waals surface area (Å²) in [6.07, 6.45) is 10.8. The zero-order chi connectivity index (χ0) is 35.0. The number of rotatable bonds is 19. The molecule has 2 aliphatic rings. The van der Waals surface area contributed by atoms with Gasteiger partial charge in [0.05, 0.1) is 18.8 Å². The van der Waals surface area contributed by atoms with Crippen LogP contribution in [-0.2, 0) is 41.1 Å². The molecule has 2 fully saturated rings. The third kappa shape index (κ3) is 19.7. The van der Waals surface area contributed by atoms with Crippen LogP contribution < -0.4 is 5.32 Å². The molecule has 274 valence electrons. The molecule has 47 heavy (non-hydrogen) atoms. The first kappa shape index (κ1) is 43.0. The van der Waals surface area contributed by atoms with Gasteiger partial charge in [-0.05, 0) is 44.6 Å². The average molecular weight is 771 g/mol. The Labute approximate surface area is 283 Å². The molecule has 2 rings (SSSR count). The Hall–Kier alpha value is -0.190. The Bertz CT molecular complexity index is 1150. The first-order chi connectivity index (χ1) is 22.0. The molecule has 0 aromatic rings. The molecule has 5 atom stereocenters. The van der Waals surface area contributed by atoms with Crippen molar-refractivity contribution in [3.05, 3.63) is 10.4 Å². The summed E-state index contributed by atoms with van der Waals surface area (Å²) < 4.78 is 59.8. The summed E-state index contributed by atoms with van der Waals surface area (Å²) in [5.74, 6) is 0.315. The molecule has 1 saturated heterocycles. The average Bonchev–Trinajstić information content (AvgIpc) is 3.33. The second-order valence-electron chi connectivity index (χ2n) is 12.1. The lowest BCUT2D eigenvalue weighted by atomic mass is 9.88. The molecule has 22 heteroatoms. The number of nitrogens with one attached hydrogen (secondary N) is 1. The zero-order valence-electron chi connectivity index (χ0n) is 26.8. The molecule has 1 amide bonds. The summed E-state index contributed by atoms with van der Waals surface area (Å²) in [5, 5.41) is 6.29. The lowest BCUT2D eigenvalue weighted by Gasteiger charge is -2.25. The summed E-state index contributed by atoms with van der Waals surface area (Å²) in [7, 11) is -13.6. The summed E-state index contributed by atoms with van der Waals surface area (Å²) in [6.45, 7) is 4.01. The monoisotopic (exact) mass is 770 g/mol. The van der Waals surface area contributed by atoms with Gasteiger partial charge < -0.3 is 34.4 Å². The highest BCUT2D eigenvalue weighted by Crippen LogP contribution is 2.66. The smallest absolute Gasteiger partial charge is 0.369 e. The maximum atomic E-state index is 12.4. The number of azide groups is 1. The van der Waals surface area contributed by atoms with E-state index in [1.165, 1.54) is 47.3 Å². The highest BCUT2D eigenvalue weighted by Gasteiger charge is 2.44. The lowest BCUT2D eigenvalue weighted by molar-refractivity contribution is -0.121. The van der Waals surface area contributed by atoms with Gasteiger partial charge in [0, 0.05) is 35.6 Å². The van der Waals surface area contributed by atoms with Gasteiger partial charge in [-0.1, -0.05) is 78.1 Å². The van der Waals surface area contributed by atoms with Crippen LogP contribution in [0.1, 0.15) is 97.3 Å². The number of carbonyl (C=O) groups is 1. The molecular weight excluding hydrogens is 721 g/mol. The molecule has 1 saturated carbocycles. The highest BCUT2D eigenvalue weighted by atomic mass is 33.1. The van der Waals surface area contributed by atoms with Gasteiger partial charge in [0.1, 0.15) is 12.0 Å². The van der Waals surface area contributed by atoms with Crippen molar-refractivity contribution in [1.29, 1.82) is 0 Å². The van der Waals surface area contributed by atoms with E-state index in [0.29, 0.717) is 19.4 Å². The van der Waals surface area contributed by atoms with Crippen molar-refractivity contribution in [2.75, 3.05) is 25.6 Å². The largest absolute Gasteiger partial charge is 0.490 e. The maximum absolute atomic E-state index is 12.4. The van der Waals surface area contributed by atoms with Crippen LogP contribution in [0.15, 0.2) is 5.11 Å². The van der Waals surface area contributed by atoms with Crippen LogP contribution in [0.25, 0.3) is 10.4 Å². The number of hydrogen-bond donors (Lipinski definition) is 5. The molecular formula is C25H49N4O13P3S2. The van der Waals surface area contributed by atoms with Gasteiger partial charge in [-0.15, -0.1) is 0 Å². The molecule has 0 aromatic carbocycles. The Morgan fingerprint density at radius 2 is 1.62 bits per heavy atom.